The van der Waals surface area contributed by atoms with Gasteiger partial charge in [-0.1, -0.05) is 30.3 Å². The van der Waals surface area contributed by atoms with E-state index in [-0.39, 0.29) is 18.4 Å². The van der Waals surface area contributed by atoms with Crippen LogP contribution in [0.5, 0.6) is 0 Å². The summed E-state index contributed by atoms with van der Waals surface area (Å²) in [5.41, 5.74) is 6.07. The number of rotatable bonds is 3. The lowest BCUT2D eigenvalue weighted by molar-refractivity contribution is -0.114. The zero-order chi connectivity index (χ0) is 11.4. The molecule has 0 fully saturated rings. The minimum atomic E-state index is -0.321. The molecular weight excluding hydrogens is 206 g/mol. The van der Waals surface area contributed by atoms with Crippen LogP contribution in [-0.4, -0.2) is 27.6 Å². The molecule has 2 rings (SSSR count). The quantitative estimate of drug-likeness (QED) is 0.691. The Kier molecular flexibility index (Phi) is 2.93. The van der Waals surface area contributed by atoms with Gasteiger partial charge < -0.3 is 5.73 Å². The number of H-pyrrole nitrogens is 1. The maximum Gasteiger partial charge on any atom is 0.249 e. The number of carbonyl (C=O) groups is 1. The maximum atomic E-state index is 11.0. The smallest absolute Gasteiger partial charge is 0.249 e. The molecule has 4 N–H and O–H groups in total. The van der Waals surface area contributed by atoms with Crippen molar-refractivity contribution >= 4 is 11.9 Å². The summed E-state index contributed by atoms with van der Waals surface area (Å²) in [6.45, 7) is -0.0881. The average molecular weight is 217 g/mol. The largest absolute Gasteiger partial charge is 0.322 e. The number of carbonyl (C=O) groups excluding carboxylic acids is 1. The highest BCUT2D eigenvalue weighted by molar-refractivity contribution is 5.90. The van der Waals surface area contributed by atoms with E-state index < -0.39 is 0 Å². The van der Waals surface area contributed by atoms with Gasteiger partial charge in [-0.3, -0.25) is 15.2 Å². The van der Waals surface area contributed by atoms with Crippen LogP contribution in [0.3, 0.4) is 0 Å². The van der Waals surface area contributed by atoms with E-state index in [1.165, 1.54) is 0 Å². The molecule has 0 radical (unpaired) electrons. The van der Waals surface area contributed by atoms with Crippen molar-refractivity contribution in [1.82, 2.24) is 15.2 Å². The predicted octanol–water partition coefficient (Wildman–Crippen LogP) is 0.369. The first-order valence-corrected chi connectivity index (χ1v) is 4.77. The summed E-state index contributed by atoms with van der Waals surface area (Å²) < 4.78 is 0. The highest BCUT2D eigenvalue weighted by atomic mass is 16.2. The Hall–Kier alpha value is -2.21. The average Bonchev–Trinajstić information content (AvgIpc) is 2.78. The summed E-state index contributed by atoms with van der Waals surface area (Å²) in [4.78, 5) is 15.1. The first-order valence-electron chi connectivity index (χ1n) is 4.77. The van der Waals surface area contributed by atoms with Gasteiger partial charge >= 0.3 is 0 Å². The van der Waals surface area contributed by atoms with Crippen LogP contribution in [0, 0.1) is 0 Å². The lowest BCUT2D eigenvalue weighted by atomic mass is 10.2. The molecular formula is C10H11N5O. The van der Waals surface area contributed by atoms with Crippen molar-refractivity contribution in [3.63, 3.8) is 0 Å². The highest BCUT2D eigenvalue weighted by Crippen LogP contribution is 2.14. The van der Waals surface area contributed by atoms with Gasteiger partial charge in [-0.05, 0) is 0 Å². The fraction of sp³-hybridized carbons (Fsp3) is 0.100. The van der Waals surface area contributed by atoms with Gasteiger partial charge in [0.25, 0.3) is 0 Å². The van der Waals surface area contributed by atoms with E-state index in [4.69, 9.17) is 5.73 Å². The molecule has 1 heterocycles. The minimum Gasteiger partial charge on any atom is -0.322 e. The van der Waals surface area contributed by atoms with Crippen molar-refractivity contribution in [1.29, 1.82) is 0 Å². The third kappa shape index (κ3) is 2.23. The van der Waals surface area contributed by atoms with E-state index in [1.54, 1.807) is 0 Å². The van der Waals surface area contributed by atoms with Crippen LogP contribution in [0.1, 0.15) is 0 Å². The molecule has 0 spiro atoms. The number of hydrogen-bond donors (Lipinski definition) is 3. The van der Waals surface area contributed by atoms with E-state index in [0.717, 1.165) is 5.56 Å². The van der Waals surface area contributed by atoms with Crippen molar-refractivity contribution in [3.05, 3.63) is 30.3 Å². The van der Waals surface area contributed by atoms with E-state index in [9.17, 15) is 4.79 Å². The van der Waals surface area contributed by atoms with Crippen LogP contribution in [0.15, 0.2) is 30.3 Å². The molecule has 82 valence electrons. The molecule has 0 saturated carbocycles. The molecule has 6 heteroatoms. The second-order valence-corrected chi connectivity index (χ2v) is 3.13. The molecule has 0 aliphatic rings. The summed E-state index contributed by atoms with van der Waals surface area (Å²) in [7, 11) is 0. The van der Waals surface area contributed by atoms with Gasteiger partial charge in [-0.25, -0.2) is 0 Å². The van der Waals surface area contributed by atoms with Gasteiger partial charge in [-0.2, -0.15) is 4.98 Å². The summed E-state index contributed by atoms with van der Waals surface area (Å²) in [5.74, 6) is 0.515. The molecule has 0 aliphatic carbocycles. The number of aromatic amines is 1. The Morgan fingerprint density at radius 1 is 1.38 bits per heavy atom. The number of nitrogens with two attached hydrogens (primary N) is 1. The summed E-state index contributed by atoms with van der Waals surface area (Å²) in [5, 5.41) is 9.06. The number of anilines is 1. The molecule has 6 nitrogen and oxygen atoms in total. The van der Waals surface area contributed by atoms with E-state index in [0.29, 0.717) is 5.82 Å². The van der Waals surface area contributed by atoms with Crippen molar-refractivity contribution in [2.45, 2.75) is 0 Å². The third-order valence-corrected chi connectivity index (χ3v) is 1.97. The second kappa shape index (κ2) is 4.54. The Balaban J connectivity index is 2.17. The lowest BCUT2D eigenvalue weighted by Gasteiger charge is -1.95. The standard InChI is InChI=1S/C10H11N5O/c11-6-8(16)12-10-13-9(14-15-10)7-4-2-1-3-5-7/h1-5H,6,11H2,(H2,12,13,14,15,16). The molecule has 0 bridgehead atoms. The second-order valence-electron chi connectivity index (χ2n) is 3.13. The van der Waals surface area contributed by atoms with Gasteiger partial charge in [0.05, 0.1) is 6.54 Å². The van der Waals surface area contributed by atoms with E-state index in [2.05, 4.69) is 20.5 Å². The van der Waals surface area contributed by atoms with Gasteiger partial charge in [0, 0.05) is 5.56 Å². The molecule has 1 aromatic heterocycles. The van der Waals surface area contributed by atoms with Crippen LogP contribution < -0.4 is 11.1 Å². The Labute approximate surface area is 91.9 Å². The van der Waals surface area contributed by atoms with Crippen LogP contribution in [0.2, 0.25) is 0 Å². The van der Waals surface area contributed by atoms with E-state index in [1.807, 2.05) is 30.3 Å². The van der Waals surface area contributed by atoms with Crippen molar-refractivity contribution in [2.24, 2.45) is 5.73 Å². The predicted molar refractivity (Wildman–Crippen MR) is 59.5 cm³/mol. The molecule has 0 aliphatic heterocycles. The SMILES string of the molecule is NCC(=O)Nc1n[nH]c(-c2ccccc2)n1. The first kappa shape index (κ1) is 10.3. The number of aromatic nitrogens is 3. The van der Waals surface area contributed by atoms with Gasteiger partial charge in [0.1, 0.15) is 0 Å². The highest BCUT2D eigenvalue weighted by Gasteiger charge is 2.06. The zero-order valence-corrected chi connectivity index (χ0v) is 8.47. The fourth-order valence-corrected chi connectivity index (χ4v) is 1.22. The number of amides is 1. The fourth-order valence-electron chi connectivity index (χ4n) is 1.22. The third-order valence-electron chi connectivity index (χ3n) is 1.97. The van der Waals surface area contributed by atoms with Crippen LogP contribution in [0.4, 0.5) is 5.95 Å². The van der Waals surface area contributed by atoms with Gasteiger partial charge in [-0.15, -0.1) is 5.10 Å². The molecule has 1 amide bonds. The topological polar surface area (TPSA) is 96.7 Å². The number of nitrogens with zero attached hydrogens (tertiary/aromatic N) is 2. The summed E-state index contributed by atoms with van der Waals surface area (Å²) in [6.07, 6.45) is 0. The van der Waals surface area contributed by atoms with Crippen molar-refractivity contribution in [3.8, 4) is 11.4 Å². The maximum absolute atomic E-state index is 11.0. The number of benzene rings is 1. The Morgan fingerprint density at radius 3 is 2.81 bits per heavy atom. The molecule has 0 saturated heterocycles. The van der Waals surface area contributed by atoms with Crippen molar-refractivity contribution < 1.29 is 4.79 Å². The minimum absolute atomic E-state index is 0.0881. The van der Waals surface area contributed by atoms with Crippen LogP contribution in [0.25, 0.3) is 11.4 Å². The monoisotopic (exact) mass is 217 g/mol. The first-order chi connectivity index (χ1) is 7.79. The zero-order valence-electron chi connectivity index (χ0n) is 8.47. The molecule has 0 atom stereocenters. The molecule has 0 unspecified atom stereocenters. The number of hydrogen-bond acceptors (Lipinski definition) is 4. The number of nitrogens with one attached hydrogen (secondary N) is 2. The van der Waals surface area contributed by atoms with Gasteiger partial charge in [0.2, 0.25) is 11.9 Å². The van der Waals surface area contributed by atoms with Crippen LogP contribution >= 0.6 is 0 Å². The molecule has 1 aromatic carbocycles. The van der Waals surface area contributed by atoms with Crippen LogP contribution in [-0.2, 0) is 4.79 Å². The van der Waals surface area contributed by atoms with Gasteiger partial charge in [0.15, 0.2) is 5.82 Å². The normalized spacial score (nSPS) is 10.1. The Bertz CT molecular complexity index is 479. The summed E-state index contributed by atoms with van der Waals surface area (Å²) >= 11 is 0. The Morgan fingerprint density at radius 2 is 2.12 bits per heavy atom. The molecule has 16 heavy (non-hydrogen) atoms. The summed E-state index contributed by atoms with van der Waals surface area (Å²) in [6, 6.07) is 9.51. The lowest BCUT2D eigenvalue weighted by Crippen LogP contribution is -2.22. The molecule has 2 aromatic rings. The van der Waals surface area contributed by atoms with E-state index >= 15 is 0 Å². The van der Waals surface area contributed by atoms with Crippen molar-refractivity contribution in [2.75, 3.05) is 11.9 Å².